The highest BCUT2D eigenvalue weighted by molar-refractivity contribution is 9.10. The molecule has 1 aromatic rings. The van der Waals surface area contributed by atoms with E-state index in [0.717, 1.165) is 0 Å². The zero-order valence-corrected chi connectivity index (χ0v) is 10.7. The van der Waals surface area contributed by atoms with E-state index in [1.54, 1.807) is 6.92 Å². The Balaban J connectivity index is 2.39. The van der Waals surface area contributed by atoms with Crippen molar-refractivity contribution in [3.05, 3.63) is 20.4 Å². The molecule has 94 valence electrons. The van der Waals surface area contributed by atoms with Crippen LogP contribution in [0.5, 0.6) is 0 Å². The van der Waals surface area contributed by atoms with Crippen LogP contribution in [-0.2, 0) is 4.74 Å². The van der Waals surface area contributed by atoms with E-state index in [9.17, 15) is 14.5 Å². The number of hydrogen-bond donors (Lipinski definition) is 0. The topological polar surface area (TPSA) is 70.2 Å². The Morgan fingerprint density at radius 3 is 2.94 bits per heavy atom. The Labute approximate surface area is 105 Å². The fraction of sp³-hybridized carbons (Fsp3) is 0.667. The zero-order chi connectivity index (χ0) is 12.6. The van der Waals surface area contributed by atoms with Gasteiger partial charge in [-0.05, 0) is 29.3 Å². The van der Waals surface area contributed by atoms with Gasteiger partial charge in [0, 0.05) is 6.61 Å². The number of nitro groups is 1. The first kappa shape index (κ1) is 12.4. The number of halogens is 2. The van der Waals surface area contributed by atoms with Gasteiger partial charge in [0.15, 0.2) is 0 Å². The molecule has 0 saturated carbocycles. The molecular weight excluding hydrogens is 297 g/mol. The number of hydrogen-bond acceptors (Lipinski definition) is 4. The van der Waals surface area contributed by atoms with Gasteiger partial charge in [-0.3, -0.25) is 14.8 Å². The van der Waals surface area contributed by atoms with Gasteiger partial charge in [-0.2, -0.15) is 5.10 Å². The van der Waals surface area contributed by atoms with Gasteiger partial charge in [-0.25, -0.2) is 4.39 Å². The maximum absolute atomic E-state index is 13.7. The van der Waals surface area contributed by atoms with Crippen molar-refractivity contribution >= 4 is 21.6 Å². The maximum Gasteiger partial charge on any atom is 0.324 e. The summed E-state index contributed by atoms with van der Waals surface area (Å²) in [6.07, 6.45) is -0.721. The quantitative estimate of drug-likeness (QED) is 0.620. The number of aromatic nitrogens is 2. The molecule has 0 N–H and O–H groups in total. The zero-order valence-electron chi connectivity index (χ0n) is 9.10. The predicted molar refractivity (Wildman–Crippen MR) is 60.7 cm³/mol. The van der Waals surface area contributed by atoms with Crippen molar-refractivity contribution in [1.82, 2.24) is 9.78 Å². The lowest BCUT2D eigenvalue weighted by molar-refractivity contribution is -0.386. The normalized spacial score (nSPS) is 24.9. The summed E-state index contributed by atoms with van der Waals surface area (Å²) in [5.41, 5.74) is 0.250. The molecule has 2 unspecified atom stereocenters. The molecule has 0 bridgehead atoms. The molecule has 2 rings (SSSR count). The summed E-state index contributed by atoms with van der Waals surface area (Å²) in [7, 11) is 0. The van der Waals surface area contributed by atoms with E-state index in [2.05, 4.69) is 21.0 Å². The second kappa shape index (κ2) is 4.69. The average Bonchev–Trinajstić information content (AvgIpc) is 2.55. The lowest BCUT2D eigenvalue weighted by atomic mass is 10.1. The second-order valence-corrected chi connectivity index (χ2v) is 4.62. The van der Waals surface area contributed by atoms with E-state index in [4.69, 9.17) is 4.74 Å². The summed E-state index contributed by atoms with van der Waals surface area (Å²) < 4.78 is 20.2. The summed E-state index contributed by atoms with van der Waals surface area (Å²) in [4.78, 5) is 10.3. The highest BCUT2D eigenvalue weighted by Crippen LogP contribution is 2.33. The van der Waals surface area contributed by atoms with E-state index in [0.29, 0.717) is 18.7 Å². The summed E-state index contributed by atoms with van der Waals surface area (Å²) >= 11 is 3.03. The van der Waals surface area contributed by atoms with Gasteiger partial charge in [-0.1, -0.05) is 0 Å². The minimum atomic E-state index is -1.19. The van der Waals surface area contributed by atoms with E-state index >= 15 is 0 Å². The summed E-state index contributed by atoms with van der Waals surface area (Å²) in [5.74, 6) is 0. The van der Waals surface area contributed by atoms with Crippen LogP contribution in [0.4, 0.5) is 10.1 Å². The number of rotatable bonds is 2. The fourth-order valence-corrected chi connectivity index (χ4v) is 2.58. The van der Waals surface area contributed by atoms with Crippen molar-refractivity contribution in [2.45, 2.75) is 25.6 Å². The van der Waals surface area contributed by atoms with Crippen LogP contribution in [-0.4, -0.2) is 34.1 Å². The highest BCUT2D eigenvalue weighted by Gasteiger charge is 2.33. The molecule has 0 amide bonds. The Bertz CT molecular complexity index is 451. The van der Waals surface area contributed by atoms with Crippen LogP contribution < -0.4 is 0 Å². The molecule has 1 saturated heterocycles. The third kappa shape index (κ3) is 2.19. The molecule has 1 aliphatic rings. The van der Waals surface area contributed by atoms with Gasteiger partial charge >= 0.3 is 5.69 Å². The van der Waals surface area contributed by atoms with Crippen molar-refractivity contribution in [2.24, 2.45) is 0 Å². The Kier molecular flexibility index (Phi) is 3.43. The van der Waals surface area contributed by atoms with Gasteiger partial charge in [0.2, 0.25) is 4.60 Å². The van der Waals surface area contributed by atoms with Gasteiger partial charge in [0.05, 0.1) is 17.6 Å². The van der Waals surface area contributed by atoms with Crippen LogP contribution in [0.2, 0.25) is 0 Å². The Hall–Kier alpha value is -1.02. The highest BCUT2D eigenvalue weighted by atomic mass is 79.9. The molecule has 2 heterocycles. The molecule has 1 aliphatic heterocycles. The molecule has 1 fully saturated rings. The van der Waals surface area contributed by atoms with Crippen molar-refractivity contribution in [1.29, 1.82) is 0 Å². The molecule has 0 aliphatic carbocycles. The molecule has 8 heteroatoms. The number of nitrogens with zero attached hydrogens (tertiary/aromatic N) is 3. The van der Waals surface area contributed by atoms with Gasteiger partial charge < -0.3 is 4.74 Å². The molecule has 0 radical (unpaired) electrons. The molecule has 0 aromatic carbocycles. The smallest absolute Gasteiger partial charge is 0.324 e. The van der Waals surface area contributed by atoms with Crippen LogP contribution in [0, 0.1) is 17.0 Å². The van der Waals surface area contributed by atoms with Crippen LogP contribution in [0.3, 0.4) is 0 Å². The lowest BCUT2D eigenvalue weighted by Crippen LogP contribution is -2.32. The average molecular weight is 308 g/mol. The molecular formula is C9H11BrFN3O3. The fourth-order valence-electron chi connectivity index (χ4n) is 1.97. The molecule has 0 spiro atoms. The number of alkyl halides is 1. The second-order valence-electron chi connectivity index (χ2n) is 3.87. The monoisotopic (exact) mass is 307 g/mol. The minimum absolute atomic E-state index is 0.00931. The standard InChI is InChI=1S/C9H11BrFN3O3/c1-5-8(14(15)16)9(10)12-13(5)7-2-3-17-4-6(7)11/h6-7H,2-4H2,1H3. The molecule has 1 aromatic heterocycles. The Morgan fingerprint density at radius 1 is 1.71 bits per heavy atom. The van der Waals surface area contributed by atoms with Crippen molar-refractivity contribution < 1.29 is 14.1 Å². The molecule has 6 nitrogen and oxygen atoms in total. The van der Waals surface area contributed by atoms with Crippen LogP contribution in [0.1, 0.15) is 18.2 Å². The van der Waals surface area contributed by atoms with Crippen LogP contribution in [0.15, 0.2) is 4.60 Å². The minimum Gasteiger partial charge on any atom is -0.378 e. The lowest BCUT2D eigenvalue weighted by Gasteiger charge is -2.26. The molecule has 2 atom stereocenters. The first-order valence-corrected chi connectivity index (χ1v) is 5.92. The maximum atomic E-state index is 13.7. The largest absolute Gasteiger partial charge is 0.378 e. The van der Waals surface area contributed by atoms with Gasteiger partial charge in [-0.15, -0.1) is 0 Å². The SMILES string of the molecule is Cc1c([N+](=O)[O-])c(Br)nn1C1CCOCC1F. The van der Waals surface area contributed by atoms with Gasteiger partial charge in [0.1, 0.15) is 11.9 Å². The van der Waals surface area contributed by atoms with E-state index in [1.807, 2.05) is 0 Å². The summed E-state index contributed by atoms with van der Waals surface area (Å²) in [5, 5.41) is 14.8. The van der Waals surface area contributed by atoms with E-state index in [1.165, 1.54) is 4.68 Å². The third-order valence-electron chi connectivity index (χ3n) is 2.83. The Morgan fingerprint density at radius 2 is 2.41 bits per heavy atom. The van der Waals surface area contributed by atoms with Crippen molar-refractivity contribution in [3.63, 3.8) is 0 Å². The summed E-state index contributed by atoms with van der Waals surface area (Å²) in [6.45, 7) is 2.02. The van der Waals surface area contributed by atoms with E-state index in [-0.39, 0.29) is 16.9 Å². The first-order chi connectivity index (χ1) is 8.02. The third-order valence-corrected chi connectivity index (χ3v) is 3.36. The number of ether oxygens (including phenoxy) is 1. The molecule has 17 heavy (non-hydrogen) atoms. The van der Waals surface area contributed by atoms with Crippen LogP contribution in [0.25, 0.3) is 0 Å². The van der Waals surface area contributed by atoms with Gasteiger partial charge in [0.25, 0.3) is 0 Å². The van der Waals surface area contributed by atoms with Crippen molar-refractivity contribution in [3.8, 4) is 0 Å². The van der Waals surface area contributed by atoms with E-state index < -0.39 is 17.1 Å². The van der Waals surface area contributed by atoms with Crippen molar-refractivity contribution in [2.75, 3.05) is 13.2 Å². The first-order valence-electron chi connectivity index (χ1n) is 5.13. The van der Waals surface area contributed by atoms with Crippen LogP contribution >= 0.6 is 15.9 Å². The predicted octanol–water partition coefficient (Wildman–Crippen LogP) is 2.16. The summed E-state index contributed by atoms with van der Waals surface area (Å²) in [6, 6.07) is -0.492.